The highest BCUT2D eigenvalue weighted by molar-refractivity contribution is 7.99. The van der Waals surface area contributed by atoms with E-state index in [1.165, 1.54) is 12.7 Å². The van der Waals surface area contributed by atoms with Gasteiger partial charge in [0.15, 0.2) is 0 Å². The first-order chi connectivity index (χ1) is 14.5. The first-order valence-electron chi connectivity index (χ1n) is 10.2. The van der Waals surface area contributed by atoms with Crippen LogP contribution in [0.5, 0.6) is 0 Å². The van der Waals surface area contributed by atoms with Gasteiger partial charge in [0.2, 0.25) is 5.91 Å². The minimum atomic E-state index is -0.571. The topological polar surface area (TPSA) is 87.7 Å². The first-order valence-corrected chi connectivity index (χ1v) is 11.4. The summed E-state index contributed by atoms with van der Waals surface area (Å²) in [7, 11) is 1.34. The van der Waals surface area contributed by atoms with E-state index in [2.05, 4.69) is 29.3 Å². The van der Waals surface area contributed by atoms with E-state index < -0.39 is 12.0 Å². The van der Waals surface area contributed by atoms with E-state index in [0.717, 1.165) is 41.3 Å². The lowest BCUT2D eigenvalue weighted by atomic mass is 10.1. The molecule has 0 aliphatic carbocycles. The quantitative estimate of drug-likeness (QED) is 0.713. The predicted molar refractivity (Wildman–Crippen MR) is 118 cm³/mol. The van der Waals surface area contributed by atoms with Gasteiger partial charge in [-0.2, -0.15) is 11.8 Å². The van der Waals surface area contributed by atoms with Crippen molar-refractivity contribution < 1.29 is 14.3 Å². The van der Waals surface area contributed by atoms with Gasteiger partial charge in [0.25, 0.3) is 0 Å². The molecule has 2 saturated heterocycles. The van der Waals surface area contributed by atoms with E-state index in [1.807, 2.05) is 22.7 Å². The highest BCUT2D eigenvalue weighted by atomic mass is 32.2. The van der Waals surface area contributed by atoms with E-state index in [0.29, 0.717) is 25.5 Å². The van der Waals surface area contributed by atoms with Gasteiger partial charge in [-0.3, -0.25) is 14.5 Å². The Morgan fingerprint density at radius 2 is 2.07 bits per heavy atom. The number of thioether (sulfide) groups is 1. The van der Waals surface area contributed by atoms with Crippen molar-refractivity contribution in [1.29, 1.82) is 0 Å². The number of amides is 1. The number of benzene rings is 1. The third kappa shape index (κ3) is 4.52. The van der Waals surface area contributed by atoms with E-state index >= 15 is 0 Å². The number of carbonyl (C=O) groups is 2. The van der Waals surface area contributed by atoms with Crippen LogP contribution in [0.3, 0.4) is 0 Å². The minimum Gasteiger partial charge on any atom is -0.469 e. The average Bonchev–Trinajstić information content (AvgIpc) is 2.76. The average molecular weight is 430 g/mol. The van der Waals surface area contributed by atoms with Crippen LogP contribution < -0.4 is 10.2 Å². The molecule has 1 aromatic heterocycles. The Bertz CT molecular complexity index is 948. The summed E-state index contributed by atoms with van der Waals surface area (Å²) in [4.78, 5) is 38.3. The van der Waals surface area contributed by atoms with Crippen molar-refractivity contribution in [2.75, 3.05) is 49.7 Å². The lowest BCUT2D eigenvalue weighted by molar-refractivity contribution is -0.146. The molecule has 1 N–H and O–H groups in total. The van der Waals surface area contributed by atoms with Crippen molar-refractivity contribution in [3.8, 4) is 0 Å². The number of nitrogens with one attached hydrogen (secondary N) is 1. The molecule has 2 aliphatic heterocycles. The standard InChI is InChI=1S/C21H27N5O3S/c1-14-3-4-16-15(11-14)20(25-7-9-30-10-8-25)24-18(23-16)13-26-6-5-22-21(28)17(26)12-19(27)29-2/h3-4,11,17H,5-10,12-13H2,1-2H3,(H,22,28). The number of rotatable bonds is 5. The molecule has 8 nitrogen and oxygen atoms in total. The normalized spacial score (nSPS) is 20.3. The van der Waals surface area contributed by atoms with E-state index in [4.69, 9.17) is 14.7 Å². The number of aromatic nitrogens is 2. The Morgan fingerprint density at radius 3 is 2.83 bits per heavy atom. The fourth-order valence-corrected chi connectivity index (χ4v) is 4.86. The minimum absolute atomic E-state index is 0.0192. The second-order valence-electron chi connectivity index (χ2n) is 7.64. The van der Waals surface area contributed by atoms with Crippen LogP contribution in [0.1, 0.15) is 17.8 Å². The number of hydrogen-bond donors (Lipinski definition) is 1. The Balaban J connectivity index is 1.67. The van der Waals surface area contributed by atoms with Crippen LogP contribution in [0, 0.1) is 6.92 Å². The molecule has 0 spiro atoms. The number of piperazine rings is 1. The van der Waals surface area contributed by atoms with Gasteiger partial charge in [0, 0.05) is 43.1 Å². The molecule has 2 aromatic rings. The number of hydrogen-bond acceptors (Lipinski definition) is 8. The number of aryl methyl sites for hydroxylation is 1. The van der Waals surface area contributed by atoms with Crippen LogP contribution in [-0.4, -0.2) is 77.6 Å². The Labute approximate surface area is 180 Å². The number of nitrogens with zero attached hydrogens (tertiary/aromatic N) is 4. The molecule has 9 heteroatoms. The van der Waals surface area contributed by atoms with Crippen LogP contribution in [0.15, 0.2) is 18.2 Å². The van der Waals surface area contributed by atoms with Crippen molar-refractivity contribution in [3.63, 3.8) is 0 Å². The third-order valence-corrected chi connectivity index (χ3v) is 6.50. The maximum absolute atomic E-state index is 12.4. The zero-order valence-electron chi connectivity index (χ0n) is 17.4. The number of anilines is 1. The third-order valence-electron chi connectivity index (χ3n) is 5.56. The van der Waals surface area contributed by atoms with Crippen LogP contribution in [0.2, 0.25) is 0 Å². The van der Waals surface area contributed by atoms with Gasteiger partial charge in [-0.25, -0.2) is 9.97 Å². The van der Waals surface area contributed by atoms with Crippen molar-refractivity contribution in [3.05, 3.63) is 29.6 Å². The Morgan fingerprint density at radius 1 is 1.27 bits per heavy atom. The number of esters is 1. The monoisotopic (exact) mass is 429 g/mol. The number of carbonyl (C=O) groups excluding carboxylic acids is 2. The molecule has 0 radical (unpaired) electrons. The molecule has 1 atom stereocenters. The SMILES string of the molecule is COC(=O)CC1C(=O)NCCN1Cc1nc(N2CCSCC2)c2cc(C)ccc2n1. The summed E-state index contributed by atoms with van der Waals surface area (Å²) in [6, 6.07) is 5.67. The second kappa shape index (κ2) is 9.18. The fraction of sp³-hybridized carbons (Fsp3) is 0.524. The molecule has 30 heavy (non-hydrogen) atoms. The Kier molecular flexibility index (Phi) is 6.38. The second-order valence-corrected chi connectivity index (χ2v) is 8.87. The first kappa shape index (κ1) is 20.9. The van der Waals surface area contributed by atoms with Gasteiger partial charge in [-0.05, 0) is 19.1 Å². The largest absolute Gasteiger partial charge is 0.469 e. The van der Waals surface area contributed by atoms with Gasteiger partial charge >= 0.3 is 5.97 Å². The molecule has 160 valence electrons. The summed E-state index contributed by atoms with van der Waals surface area (Å²) in [5.74, 6) is 3.24. The molecule has 2 aliphatic rings. The van der Waals surface area contributed by atoms with Gasteiger partial charge in [0.05, 0.1) is 25.6 Å². The van der Waals surface area contributed by atoms with Gasteiger partial charge in [-0.1, -0.05) is 11.6 Å². The predicted octanol–water partition coefficient (Wildman–Crippen LogP) is 1.35. The summed E-state index contributed by atoms with van der Waals surface area (Å²) in [5, 5.41) is 3.90. The fourth-order valence-electron chi connectivity index (χ4n) is 3.96. The summed E-state index contributed by atoms with van der Waals surface area (Å²) in [6.45, 7) is 5.59. The zero-order chi connectivity index (χ0) is 21.1. The highest BCUT2D eigenvalue weighted by Gasteiger charge is 2.32. The van der Waals surface area contributed by atoms with Gasteiger partial charge < -0.3 is 15.0 Å². The molecule has 0 saturated carbocycles. The van der Waals surface area contributed by atoms with Gasteiger partial charge in [0.1, 0.15) is 17.7 Å². The lowest BCUT2D eigenvalue weighted by Gasteiger charge is -2.34. The van der Waals surface area contributed by atoms with Crippen molar-refractivity contribution >= 4 is 40.4 Å². The van der Waals surface area contributed by atoms with Crippen LogP contribution in [0.4, 0.5) is 5.82 Å². The molecule has 0 bridgehead atoms. The van der Waals surface area contributed by atoms with Gasteiger partial charge in [-0.15, -0.1) is 0 Å². The summed E-state index contributed by atoms with van der Waals surface area (Å²) in [5.41, 5.74) is 2.09. The highest BCUT2D eigenvalue weighted by Crippen LogP contribution is 2.28. The Hall–Kier alpha value is -2.39. The molecule has 1 unspecified atom stereocenters. The zero-order valence-corrected chi connectivity index (χ0v) is 18.2. The van der Waals surface area contributed by atoms with E-state index in [1.54, 1.807) is 0 Å². The maximum Gasteiger partial charge on any atom is 0.307 e. The van der Waals surface area contributed by atoms with Crippen molar-refractivity contribution in [2.24, 2.45) is 0 Å². The van der Waals surface area contributed by atoms with Crippen molar-refractivity contribution in [1.82, 2.24) is 20.2 Å². The van der Waals surface area contributed by atoms with Crippen LogP contribution in [-0.2, 0) is 20.9 Å². The van der Waals surface area contributed by atoms with Crippen molar-refractivity contribution in [2.45, 2.75) is 25.9 Å². The molecule has 1 aromatic carbocycles. The van der Waals surface area contributed by atoms with Crippen LogP contribution >= 0.6 is 11.8 Å². The maximum atomic E-state index is 12.4. The molecule has 3 heterocycles. The molecular formula is C21H27N5O3S. The summed E-state index contributed by atoms with van der Waals surface area (Å²) < 4.78 is 4.78. The van der Waals surface area contributed by atoms with E-state index in [9.17, 15) is 9.59 Å². The van der Waals surface area contributed by atoms with Crippen LogP contribution in [0.25, 0.3) is 10.9 Å². The van der Waals surface area contributed by atoms with E-state index in [-0.39, 0.29) is 12.3 Å². The summed E-state index contributed by atoms with van der Waals surface area (Å²) >= 11 is 1.96. The molecule has 4 rings (SSSR count). The number of ether oxygens (including phenoxy) is 1. The smallest absolute Gasteiger partial charge is 0.307 e. The molecular weight excluding hydrogens is 402 g/mol. The molecule has 2 fully saturated rings. The summed E-state index contributed by atoms with van der Waals surface area (Å²) in [6.07, 6.45) is 0.0192. The number of fused-ring (bicyclic) bond motifs is 1. The molecule has 1 amide bonds. The number of methoxy groups -OCH3 is 1. The lowest BCUT2D eigenvalue weighted by Crippen LogP contribution is -2.55.